The first-order valence-electron chi connectivity index (χ1n) is 6.23. The minimum atomic E-state index is -0.612. The van der Waals surface area contributed by atoms with E-state index in [4.69, 9.17) is 0 Å². The lowest BCUT2D eigenvalue weighted by molar-refractivity contribution is 0.140. The van der Waals surface area contributed by atoms with Gasteiger partial charge in [-0.15, -0.1) is 0 Å². The zero-order chi connectivity index (χ0) is 13.7. The lowest BCUT2D eigenvalue weighted by atomic mass is 9.99. The number of aromatic nitrogens is 1. The van der Waals surface area contributed by atoms with Crippen LogP contribution in [0.25, 0.3) is 0 Å². The molecule has 2 rings (SSSR count). The molecule has 0 saturated carbocycles. The normalized spacial score (nSPS) is 14.1. The Kier molecular flexibility index (Phi) is 4.60. The van der Waals surface area contributed by atoms with Crippen LogP contribution in [0.1, 0.15) is 24.1 Å². The first-order valence-corrected chi connectivity index (χ1v) is 6.23. The van der Waals surface area contributed by atoms with E-state index in [0.29, 0.717) is 6.42 Å². The van der Waals surface area contributed by atoms with Crippen molar-refractivity contribution in [3.8, 4) is 0 Å². The van der Waals surface area contributed by atoms with E-state index in [2.05, 4.69) is 10.3 Å². The third-order valence-corrected chi connectivity index (χ3v) is 2.90. The second kappa shape index (κ2) is 6.41. The van der Waals surface area contributed by atoms with E-state index in [1.54, 1.807) is 31.5 Å². The second-order valence-electron chi connectivity index (χ2n) is 4.51. The molecule has 2 unspecified atom stereocenters. The largest absolute Gasteiger partial charge is 0.379 e. The maximum atomic E-state index is 12.9. The molecule has 1 aromatic heterocycles. The maximum absolute atomic E-state index is 12.9. The number of nitrogens with one attached hydrogen (secondary N) is 1. The van der Waals surface area contributed by atoms with E-state index >= 15 is 0 Å². The van der Waals surface area contributed by atoms with Crippen LogP contribution in [0.3, 0.4) is 0 Å². The molecule has 2 atom stereocenters. The highest BCUT2D eigenvalue weighted by Gasteiger charge is 2.13. The van der Waals surface area contributed by atoms with Gasteiger partial charge in [-0.3, -0.25) is 10.3 Å². The van der Waals surface area contributed by atoms with Crippen molar-refractivity contribution in [2.24, 2.45) is 0 Å². The van der Waals surface area contributed by atoms with Crippen molar-refractivity contribution in [1.82, 2.24) is 10.3 Å². The van der Waals surface area contributed by atoms with Crippen LogP contribution in [0.15, 0.2) is 48.8 Å². The fourth-order valence-electron chi connectivity index (χ4n) is 2.02. The molecule has 1 heterocycles. The van der Waals surface area contributed by atoms with Crippen LogP contribution in [0.5, 0.6) is 0 Å². The summed E-state index contributed by atoms with van der Waals surface area (Å²) in [5.74, 6) is -0.243. The summed E-state index contributed by atoms with van der Waals surface area (Å²) in [4.78, 5) is 3.99. The molecule has 0 aliphatic carbocycles. The van der Waals surface area contributed by atoms with E-state index in [-0.39, 0.29) is 11.9 Å². The third kappa shape index (κ3) is 4.12. The standard InChI is InChI=1S/C15H17FN2O/c1-11(19)18-15(13-6-8-17-9-7-13)10-12-2-4-14(16)5-3-12/h2-9,11,15,18-19H,10H2,1H3. The molecule has 0 fully saturated rings. The maximum Gasteiger partial charge on any atom is 0.123 e. The van der Waals surface area contributed by atoms with Crippen LogP contribution in [0.2, 0.25) is 0 Å². The van der Waals surface area contributed by atoms with Crippen molar-refractivity contribution in [2.45, 2.75) is 25.6 Å². The minimum absolute atomic E-state index is 0.0338. The summed E-state index contributed by atoms with van der Waals surface area (Å²) < 4.78 is 12.9. The van der Waals surface area contributed by atoms with E-state index in [1.165, 1.54) is 12.1 Å². The van der Waals surface area contributed by atoms with Gasteiger partial charge in [0.25, 0.3) is 0 Å². The molecular formula is C15H17FN2O. The SMILES string of the molecule is CC(O)NC(Cc1ccc(F)cc1)c1ccncc1. The first-order chi connectivity index (χ1) is 9.15. The van der Waals surface area contributed by atoms with E-state index < -0.39 is 6.23 Å². The Morgan fingerprint density at radius 3 is 2.37 bits per heavy atom. The Morgan fingerprint density at radius 2 is 1.79 bits per heavy atom. The average molecular weight is 260 g/mol. The molecule has 19 heavy (non-hydrogen) atoms. The Morgan fingerprint density at radius 1 is 1.16 bits per heavy atom. The highest BCUT2D eigenvalue weighted by Crippen LogP contribution is 2.18. The number of benzene rings is 1. The lowest BCUT2D eigenvalue weighted by Gasteiger charge is -2.21. The smallest absolute Gasteiger partial charge is 0.123 e. The fraction of sp³-hybridized carbons (Fsp3) is 0.267. The summed E-state index contributed by atoms with van der Waals surface area (Å²) in [6, 6.07) is 10.2. The molecule has 0 spiro atoms. The number of halogens is 1. The van der Waals surface area contributed by atoms with Crippen molar-refractivity contribution in [2.75, 3.05) is 0 Å². The molecule has 1 aromatic carbocycles. The number of hydrogen-bond donors (Lipinski definition) is 2. The predicted octanol–water partition coefficient (Wildman–Crippen LogP) is 2.43. The number of aliphatic hydroxyl groups is 1. The van der Waals surface area contributed by atoms with Gasteiger partial charge in [-0.1, -0.05) is 12.1 Å². The van der Waals surface area contributed by atoms with Gasteiger partial charge in [-0.2, -0.15) is 0 Å². The monoisotopic (exact) mass is 260 g/mol. The number of pyridine rings is 1. The van der Waals surface area contributed by atoms with Crippen molar-refractivity contribution < 1.29 is 9.50 Å². The van der Waals surface area contributed by atoms with Gasteiger partial charge in [0.15, 0.2) is 0 Å². The molecule has 0 bridgehead atoms. The van der Waals surface area contributed by atoms with Gasteiger partial charge in [0.1, 0.15) is 12.0 Å². The van der Waals surface area contributed by atoms with Gasteiger partial charge in [-0.05, 0) is 48.7 Å². The highest BCUT2D eigenvalue weighted by molar-refractivity contribution is 5.22. The fourth-order valence-corrected chi connectivity index (χ4v) is 2.02. The molecule has 0 amide bonds. The Labute approximate surface area is 112 Å². The summed E-state index contributed by atoms with van der Waals surface area (Å²) in [6.45, 7) is 1.68. The molecule has 2 aromatic rings. The average Bonchev–Trinajstić information content (AvgIpc) is 2.41. The zero-order valence-electron chi connectivity index (χ0n) is 10.8. The van der Waals surface area contributed by atoms with E-state index in [0.717, 1.165) is 11.1 Å². The van der Waals surface area contributed by atoms with Crippen molar-refractivity contribution >= 4 is 0 Å². The van der Waals surface area contributed by atoms with Crippen LogP contribution in [-0.4, -0.2) is 16.3 Å². The van der Waals surface area contributed by atoms with Crippen molar-refractivity contribution in [3.63, 3.8) is 0 Å². The summed E-state index contributed by atoms with van der Waals surface area (Å²) >= 11 is 0. The molecule has 0 aliphatic rings. The number of rotatable bonds is 5. The van der Waals surface area contributed by atoms with Gasteiger partial charge >= 0.3 is 0 Å². The molecule has 100 valence electrons. The Bertz CT molecular complexity index is 499. The van der Waals surface area contributed by atoms with Gasteiger partial charge in [0, 0.05) is 18.4 Å². The van der Waals surface area contributed by atoms with Crippen LogP contribution >= 0.6 is 0 Å². The quantitative estimate of drug-likeness (QED) is 0.812. The Balaban J connectivity index is 2.16. The van der Waals surface area contributed by atoms with Gasteiger partial charge in [0.05, 0.1) is 0 Å². The Hall–Kier alpha value is -1.78. The van der Waals surface area contributed by atoms with Crippen LogP contribution in [0.4, 0.5) is 4.39 Å². The topological polar surface area (TPSA) is 45.1 Å². The summed E-state index contributed by atoms with van der Waals surface area (Å²) in [5.41, 5.74) is 2.05. The van der Waals surface area contributed by atoms with Crippen LogP contribution in [0, 0.1) is 5.82 Å². The molecule has 4 heteroatoms. The van der Waals surface area contributed by atoms with E-state index in [1.807, 2.05) is 12.1 Å². The minimum Gasteiger partial charge on any atom is -0.379 e. The number of hydrogen-bond acceptors (Lipinski definition) is 3. The molecule has 0 radical (unpaired) electrons. The van der Waals surface area contributed by atoms with Crippen LogP contribution < -0.4 is 5.32 Å². The summed E-state index contributed by atoms with van der Waals surface area (Å²) in [6.07, 6.45) is 3.50. The number of nitrogens with zero attached hydrogens (tertiary/aromatic N) is 1. The van der Waals surface area contributed by atoms with Gasteiger partial charge in [0.2, 0.25) is 0 Å². The summed E-state index contributed by atoms with van der Waals surface area (Å²) in [5, 5.41) is 12.6. The lowest BCUT2D eigenvalue weighted by Crippen LogP contribution is -2.31. The summed E-state index contributed by atoms with van der Waals surface area (Å²) in [7, 11) is 0. The zero-order valence-corrected chi connectivity index (χ0v) is 10.8. The van der Waals surface area contributed by atoms with E-state index in [9.17, 15) is 9.50 Å². The molecule has 0 aliphatic heterocycles. The molecule has 2 N–H and O–H groups in total. The molecule has 0 saturated heterocycles. The first kappa shape index (κ1) is 13.6. The molecular weight excluding hydrogens is 243 g/mol. The van der Waals surface area contributed by atoms with Gasteiger partial charge in [-0.25, -0.2) is 4.39 Å². The van der Waals surface area contributed by atoms with Crippen molar-refractivity contribution in [1.29, 1.82) is 0 Å². The highest BCUT2D eigenvalue weighted by atomic mass is 19.1. The van der Waals surface area contributed by atoms with Crippen molar-refractivity contribution in [3.05, 3.63) is 65.7 Å². The third-order valence-electron chi connectivity index (χ3n) is 2.90. The predicted molar refractivity (Wildman–Crippen MR) is 71.9 cm³/mol. The number of aliphatic hydroxyl groups excluding tert-OH is 1. The second-order valence-corrected chi connectivity index (χ2v) is 4.51. The van der Waals surface area contributed by atoms with Gasteiger partial charge < -0.3 is 5.11 Å². The molecule has 3 nitrogen and oxygen atoms in total. The van der Waals surface area contributed by atoms with Crippen LogP contribution in [-0.2, 0) is 6.42 Å².